The lowest BCUT2D eigenvalue weighted by molar-refractivity contribution is 0.220. The minimum absolute atomic E-state index is 0.702. The van der Waals surface area contributed by atoms with Gasteiger partial charge in [-0.25, -0.2) is 0 Å². The van der Waals surface area contributed by atoms with Gasteiger partial charge >= 0.3 is 0 Å². The molecule has 2 heteroatoms. The molecule has 0 unspecified atom stereocenters. The van der Waals surface area contributed by atoms with Crippen LogP contribution in [-0.2, 0) is 4.74 Å². The van der Waals surface area contributed by atoms with Crippen LogP contribution in [0.25, 0.3) is 0 Å². The molecule has 58 valence electrons. The minimum Gasteiger partial charge on any atom is -0.499 e. The van der Waals surface area contributed by atoms with E-state index in [9.17, 15) is 0 Å². The predicted molar refractivity (Wildman–Crippen MR) is 48.1 cm³/mol. The quantitative estimate of drug-likeness (QED) is 0.626. The Bertz CT molecular complexity index is 129. The van der Waals surface area contributed by atoms with Crippen molar-refractivity contribution in [2.75, 3.05) is 6.61 Å². The van der Waals surface area contributed by atoms with Gasteiger partial charge in [-0.05, 0) is 17.8 Å². The van der Waals surface area contributed by atoms with E-state index in [-0.39, 0.29) is 0 Å². The van der Waals surface area contributed by atoms with Crippen molar-refractivity contribution in [2.24, 2.45) is 0 Å². The van der Waals surface area contributed by atoms with Gasteiger partial charge in [0, 0.05) is 6.42 Å². The first-order valence-corrected chi connectivity index (χ1v) is 4.10. The highest BCUT2D eigenvalue weighted by molar-refractivity contribution is 9.11. The molecule has 0 fully saturated rings. The highest BCUT2D eigenvalue weighted by atomic mass is 79.9. The summed E-state index contributed by atoms with van der Waals surface area (Å²) in [6.45, 7) is 10.1. The first kappa shape index (κ1) is 9.76. The van der Waals surface area contributed by atoms with Crippen LogP contribution in [0.5, 0.6) is 0 Å². The third kappa shape index (κ3) is 5.89. The number of rotatable bonds is 5. The summed E-state index contributed by atoms with van der Waals surface area (Å²) in [7, 11) is 0. The van der Waals surface area contributed by atoms with Gasteiger partial charge in [-0.1, -0.05) is 29.1 Å². The van der Waals surface area contributed by atoms with Crippen LogP contribution in [0.4, 0.5) is 0 Å². The molecule has 0 saturated carbocycles. The molecule has 0 aliphatic carbocycles. The lowest BCUT2D eigenvalue weighted by Gasteiger charge is -2.04. The molecule has 0 N–H and O–H groups in total. The van der Waals surface area contributed by atoms with Gasteiger partial charge in [-0.3, -0.25) is 0 Å². The molecule has 0 saturated heterocycles. The summed E-state index contributed by atoms with van der Waals surface area (Å²) in [5, 5.41) is 0. The molecule has 0 atom stereocenters. The number of halogens is 1. The summed E-state index contributed by atoms with van der Waals surface area (Å²) in [5.41, 5.74) is 0. The van der Waals surface area contributed by atoms with Crippen molar-refractivity contribution < 1.29 is 4.74 Å². The molecular weight excluding hydrogens is 192 g/mol. The zero-order valence-corrected chi connectivity index (χ0v) is 7.91. The molecular formula is C8H13BrO. The van der Waals surface area contributed by atoms with Gasteiger partial charge in [0.05, 0.1) is 12.4 Å². The number of ether oxygens (including phenoxy) is 1. The van der Waals surface area contributed by atoms with Crippen molar-refractivity contribution in [3.05, 3.63) is 23.4 Å². The normalized spacial score (nSPS) is 9.00. The Kier molecular flexibility index (Phi) is 5.40. The average molecular weight is 205 g/mol. The van der Waals surface area contributed by atoms with Gasteiger partial charge in [0.25, 0.3) is 0 Å². The van der Waals surface area contributed by atoms with Gasteiger partial charge in [-0.2, -0.15) is 0 Å². The molecule has 0 aliphatic heterocycles. The molecule has 0 radical (unpaired) electrons. The van der Waals surface area contributed by atoms with Gasteiger partial charge in [0.1, 0.15) is 0 Å². The van der Waals surface area contributed by atoms with Crippen molar-refractivity contribution in [1.82, 2.24) is 0 Å². The summed E-state index contributed by atoms with van der Waals surface area (Å²) >= 11 is 3.26. The summed E-state index contributed by atoms with van der Waals surface area (Å²) in [5.74, 6) is 0.836. The lowest BCUT2D eigenvalue weighted by atomic mass is 10.3. The van der Waals surface area contributed by atoms with Crippen LogP contribution >= 0.6 is 15.9 Å². The number of hydrogen-bond acceptors (Lipinski definition) is 1. The first-order valence-electron chi connectivity index (χ1n) is 3.30. The maximum absolute atomic E-state index is 5.14. The van der Waals surface area contributed by atoms with E-state index in [1.807, 2.05) is 6.92 Å². The van der Waals surface area contributed by atoms with Crippen LogP contribution in [0.3, 0.4) is 0 Å². The van der Waals surface area contributed by atoms with Crippen LogP contribution in [0, 0.1) is 0 Å². The molecule has 0 rings (SSSR count). The molecule has 0 aromatic heterocycles. The predicted octanol–water partition coefficient (Wildman–Crippen LogP) is 3.23. The minimum atomic E-state index is 0.702. The molecule has 10 heavy (non-hydrogen) atoms. The number of hydrogen-bond donors (Lipinski definition) is 0. The van der Waals surface area contributed by atoms with E-state index in [1.165, 1.54) is 0 Å². The van der Waals surface area contributed by atoms with E-state index >= 15 is 0 Å². The fraction of sp³-hybridized carbons (Fsp3) is 0.500. The second-order valence-corrected chi connectivity index (χ2v) is 3.11. The Hall–Kier alpha value is -0.240. The topological polar surface area (TPSA) is 9.23 Å². The van der Waals surface area contributed by atoms with E-state index in [2.05, 4.69) is 29.1 Å². The molecule has 0 amide bonds. The summed E-state index contributed by atoms with van der Waals surface area (Å²) in [6, 6.07) is 0. The Morgan fingerprint density at radius 3 is 2.40 bits per heavy atom. The molecule has 0 aliphatic rings. The van der Waals surface area contributed by atoms with E-state index in [0.29, 0.717) is 6.61 Å². The van der Waals surface area contributed by atoms with Gasteiger partial charge in [-0.15, -0.1) is 0 Å². The van der Waals surface area contributed by atoms with Gasteiger partial charge < -0.3 is 4.74 Å². The van der Waals surface area contributed by atoms with E-state index in [1.54, 1.807) is 0 Å². The Labute approximate surface area is 70.9 Å². The summed E-state index contributed by atoms with van der Waals surface area (Å²) in [4.78, 5) is 0. The molecule has 0 aromatic rings. The molecule has 0 spiro atoms. The number of allylic oxidation sites excluding steroid dienone is 2. The van der Waals surface area contributed by atoms with Crippen molar-refractivity contribution in [2.45, 2.75) is 19.8 Å². The largest absolute Gasteiger partial charge is 0.499 e. The molecule has 1 nitrogen and oxygen atoms in total. The van der Waals surface area contributed by atoms with Crippen LogP contribution in [0.15, 0.2) is 23.4 Å². The second-order valence-electron chi connectivity index (χ2n) is 1.99. The SMILES string of the molecule is C=C(Br)CCC(=C)OCC. The fourth-order valence-electron chi connectivity index (χ4n) is 0.551. The lowest BCUT2D eigenvalue weighted by Crippen LogP contribution is -1.89. The fourth-order valence-corrected chi connectivity index (χ4v) is 0.750. The third-order valence-corrected chi connectivity index (χ3v) is 1.42. The summed E-state index contributed by atoms with van der Waals surface area (Å²) in [6.07, 6.45) is 1.76. The summed E-state index contributed by atoms with van der Waals surface area (Å²) < 4.78 is 6.13. The Balaban J connectivity index is 3.30. The Morgan fingerprint density at radius 2 is 2.00 bits per heavy atom. The molecule has 0 bridgehead atoms. The average Bonchev–Trinajstić information content (AvgIpc) is 1.85. The van der Waals surface area contributed by atoms with Crippen molar-refractivity contribution >= 4 is 15.9 Å². The van der Waals surface area contributed by atoms with Crippen molar-refractivity contribution in [1.29, 1.82) is 0 Å². The van der Waals surface area contributed by atoms with Crippen LogP contribution in [-0.4, -0.2) is 6.61 Å². The first-order chi connectivity index (χ1) is 4.66. The Morgan fingerprint density at radius 1 is 1.40 bits per heavy atom. The monoisotopic (exact) mass is 204 g/mol. The zero-order valence-electron chi connectivity index (χ0n) is 6.32. The molecule has 0 heterocycles. The van der Waals surface area contributed by atoms with Crippen molar-refractivity contribution in [3.63, 3.8) is 0 Å². The zero-order chi connectivity index (χ0) is 7.98. The van der Waals surface area contributed by atoms with Crippen LogP contribution < -0.4 is 0 Å². The maximum atomic E-state index is 5.14. The van der Waals surface area contributed by atoms with Crippen molar-refractivity contribution in [3.8, 4) is 0 Å². The van der Waals surface area contributed by atoms with E-state index < -0.39 is 0 Å². The van der Waals surface area contributed by atoms with E-state index in [0.717, 1.165) is 23.1 Å². The smallest absolute Gasteiger partial charge is 0.0891 e. The highest BCUT2D eigenvalue weighted by Gasteiger charge is 1.93. The van der Waals surface area contributed by atoms with Crippen LogP contribution in [0.2, 0.25) is 0 Å². The third-order valence-electron chi connectivity index (χ3n) is 1.02. The van der Waals surface area contributed by atoms with Gasteiger partial charge in [0.2, 0.25) is 0 Å². The second kappa shape index (κ2) is 5.54. The van der Waals surface area contributed by atoms with E-state index in [4.69, 9.17) is 4.74 Å². The maximum Gasteiger partial charge on any atom is 0.0891 e. The highest BCUT2D eigenvalue weighted by Crippen LogP contribution is 2.13. The van der Waals surface area contributed by atoms with Gasteiger partial charge in [0.15, 0.2) is 0 Å². The standard InChI is InChI=1S/C8H13BrO/c1-4-10-8(3)6-5-7(2)9/h2-6H2,1H3. The van der Waals surface area contributed by atoms with Crippen LogP contribution in [0.1, 0.15) is 19.8 Å². The molecule has 0 aromatic carbocycles.